The zero-order chi connectivity index (χ0) is 14.4. The smallest absolute Gasteiger partial charge is 0.119 e. The topological polar surface area (TPSA) is 61.3 Å². The van der Waals surface area contributed by atoms with Crippen LogP contribution < -0.4 is 16.2 Å². The summed E-state index contributed by atoms with van der Waals surface area (Å²) in [7, 11) is 0. The van der Waals surface area contributed by atoms with Gasteiger partial charge in [-0.1, -0.05) is 6.92 Å². The standard InChI is InChI=1S/C16H28N2O/c1-5-19-15-6-12(3)16(13(4)7-15)8-11(2)14(9-17)10-18/h6-7,11,14H,5,8-10,17-18H2,1-4H3. The number of hydrogen-bond donors (Lipinski definition) is 2. The normalized spacial score (nSPS) is 12.8. The molecule has 3 heteroatoms. The molecular formula is C16H28N2O. The van der Waals surface area contributed by atoms with E-state index in [1.807, 2.05) is 6.92 Å². The third-order valence-electron chi connectivity index (χ3n) is 3.92. The molecule has 4 N–H and O–H groups in total. The van der Waals surface area contributed by atoms with Gasteiger partial charge < -0.3 is 16.2 Å². The fourth-order valence-corrected chi connectivity index (χ4v) is 2.58. The van der Waals surface area contributed by atoms with Crippen LogP contribution in [-0.4, -0.2) is 19.7 Å². The molecule has 3 nitrogen and oxygen atoms in total. The van der Waals surface area contributed by atoms with E-state index in [4.69, 9.17) is 16.2 Å². The zero-order valence-electron chi connectivity index (χ0n) is 12.7. The number of rotatable bonds is 7. The number of ether oxygens (including phenoxy) is 1. The molecule has 0 aliphatic rings. The van der Waals surface area contributed by atoms with Crippen molar-refractivity contribution in [3.63, 3.8) is 0 Å². The van der Waals surface area contributed by atoms with Gasteiger partial charge in [0, 0.05) is 0 Å². The van der Waals surface area contributed by atoms with E-state index >= 15 is 0 Å². The van der Waals surface area contributed by atoms with Crippen molar-refractivity contribution < 1.29 is 4.74 Å². The van der Waals surface area contributed by atoms with Crippen LogP contribution in [0.4, 0.5) is 0 Å². The highest BCUT2D eigenvalue weighted by Gasteiger charge is 2.17. The molecule has 108 valence electrons. The lowest BCUT2D eigenvalue weighted by molar-refractivity contribution is 0.339. The minimum atomic E-state index is 0.394. The highest BCUT2D eigenvalue weighted by Crippen LogP contribution is 2.26. The van der Waals surface area contributed by atoms with Crippen molar-refractivity contribution in [2.75, 3.05) is 19.7 Å². The second-order valence-corrected chi connectivity index (χ2v) is 5.38. The van der Waals surface area contributed by atoms with Crippen LogP contribution in [0.25, 0.3) is 0 Å². The summed E-state index contributed by atoms with van der Waals surface area (Å²) in [4.78, 5) is 0. The van der Waals surface area contributed by atoms with E-state index < -0.39 is 0 Å². The van der Waals surface area contributed by atoms with Crippen LogP contribution in [0.5, 0.6) is 5.75 Å². The van der Waals surface area contributed by atoms with Gasteiger partial charge in [-0.2, -0.15) is 0 Å². The highest BCUT2D eigenvalue weighted by molar-refractivity contribution is 5.41. The molecule has 0 aromatic heterocycles. The minimum absolute atomic E-state index is 0.394. The Hall–Kier alpha value is -1.06. The maximum Gasteiger partial charge on any atom is 0.119 e. The maximum atomic E-state index is 5.78. The average molecular weight is 264 g/mol. The first-order valence-electron chi connectivity index (χ1n) is 7.16. The van der Waals surface area contributed by atoms with Crippen LogP contribution in [0, 0.1) is 25.7 Å². The summed E-state index contributed by atoms with van der Waals surface area (Å²) in [5.74, 6) is 1.86. The average Bonchev–Trinajstić information content (AvgIpc) is 2.36. The third kappa shape index (κ3) is 4.22. The van der Waals surface area contributed by atoms with E-state index in [1.165, 1.54) is 16.7 Å². The van der Waals surface area contributed by atoms with Gasteiger partial charge in [-0.15, -0.1) is 0 Å². The van der Waals surface area contributed by atoms with E-state index in [1.54, 1.807) is 0 Å². The van der Waals surface area contributed by atoms with Gasteiger partial charge in [0.2, 0.25) is 0 Å². The zero-order valence-corrected chi connectivity index (χ0v) is 12.7. The van der Waals surface area contributed by atoms with Crippen LogP contribution in [0.15, 0.2) is 12.1 Å². The Bertz CT molecular complexity index is 377. The quantitative estimate of drug-likeness (QED) is 0.795. The van der Waals surface area contributed by atoms with Gasteiger partial charge in [0.1, 0.15) is 5.75 Å². The minimum Gasteiger partial charge on any atom is -0.494 e. The summed E-state index contributed by atoms with van der Waals surface area (Å²) in [6.45, 7) is 10.6. The molecule has 1 aromatic carbocycles. The maximum absolute atomic E-state index is 5.78. The van der Waals surface area contributed by atoms with E-state index in [0.29, 0.717) is 31.5 Å². The summed E-state index contributed by atoms with van der Waals surface area (Å²) < 4.78 is 5.58. The van der Waals surface area contributed by atoms with Crippen molar-refractivity contribution in [2.24, 2.45) is 23.3 Å². The lowest BCUT2D eigenvalue weighted by Gasteiger charge is -2.23. The fourth-order valence-electron chi connectivity index (χ4n) is 2.58. The molecule has 0 bridgehead atoms. The molecule has 1 aromatic rings. The van der Waals surface area contributed by atoms with Gasteiger partial charge in [-0.05, 0) is 80.9 Å². The molecule has 0 saturated heterocycles. The van der Waals surface area contributed by atoms with E-state index in [2.05, 4.69) is 32.9 Å². The SMILES string of the molecule is CCOc1cc(C)c(CC(C)C(CN)CN)c(C)c1. The van der Waals surface area contributed by atoms with Crippen molar-refractivity contribution in [1.82, 2.24) is 0 Å². The Kier molecular flexibility index (Phi) is 6.32. The van der Waals surface area contributed by atoms with Gasteiger partial charge in [0.25, 0.3) is 0 Å². The molecule has 0 amide bonds. The van der Waals surface area contributed by atoms with Crippen molar-refractivity contribution in [1.29, 1.82) is 0 Å². The van der Waals surface area contributed by atoms with Crippen LogP contribution in [-0.2, 0) is 6.42 Å². The predicted octanol–water partition coefficient (Wildman–Crippen LogP) is 2.41. The van der Waals surface area contributed by atoms with E-state index in [0.717, 1.165) is 12.2 Å². The van der Waals surface area contributed by atoms with Gasteiger partial charge in [-0.25, -0.2) is 0 Å². The van der Waals surface area contributed by atoms with Crippen molar-refractivity contribution in [3.8, 4) is 5.75 Å². The molecule has 0 aliphatic heterocycles. The Balaban J connectivity index is 2.89. The third-order valence-corrected chi connectivity index (χ3v) is 3.92. The second-order valence-electron chi connectivity index (χ2n) is 5.38. The molecule has 0 spiro atoms. The summed E-state index contributed by atoms with van der Waals surface area (Å²) in [5.41, 5.74) is 15.5. The lowest BCUT2D eigenvalue weighted by atomic mass is 9.85. The fraction of sp³-hybridized carbons (Fsp3) is 0.625. The van der Waals surface area contributed by atoms with E-state index in [9.17, 15) is 0 Å². The van der Waals surface area contributed by atoms with Gasteiger partial charge >= 0.3 is 0 Å². The highest BCUT2D eigenvalue weighted by atomic mass is 16.5. The molecule has 0 heterocycles. The number of nitrogens with two attached hydrogens (primary N) is 2. The number of benzene rings is 1. The molecule has 1 rings (SSSR count). The number of hydrogen-bond acceptors (Lipinski definition) is 3. The van der Waals surface area contributed by atoms with Crippen molar-refractivity contribution in [3.05, 3.63) is 28.8 Å². The molecule has 0 saturated carbocycles. The van der Waals surface area contributed by atoms with Crippen molar-refractivity contribution >= 4 is 0 Å². The van der Waals surface area contributed by atoms with Gasteiger partial charge in [0.15, 0.2) is 0 Å². The summed E-state index contributed by atoms with van der Waals surface area (Å²) in [5, 5.41) is 0. The first-order valence-corrected chi connectivity index (χ1v) is 7.16. The monoisotopic (exact) mass is 264 g/mol. The molecular weight excluding hydrogens is 236 g/mol. The van der Waals surface area contributed by atoms with Crippen LogP contribution in [0.2, 0.25) is 0 Å². The molecule has 0 fully saturated rings. The predicted molar refractivity (Wildman–Crippen MR) is 81.6 cm³/mol. The molecule has 0 radical (unpaired) electrons. The Morgan fingerprint density at radius 2 is 1.63 bits per heavy atom. The van der Waals surface area contributed by atoms with Gasteiger partial charge in [-0.3, -0.25) is 0 Å². The summed E-state index contributed by atoms with van der Waals surface area (Å²) in [6, 6.07) is 4.25. The molecule has 1 unspecified atom stereocenters. The van der Waals surface area contributed by atoms with Crippen LogP contribution in [0.3, 0.4) is 0 Å². The Morgan fingerprint density at radius 1 is 1.11 bits per heavy atom. The van der Waals surface area contributed by atoms with Gasteiger partial charge in [0.05, 0.1) is 6.61 Å². The Labute approximate surface area is 117 Å². The molecule has 0 aliphatic carbocycles. The second kappa shape index (κ2) is 7.51. The van der Waals surface area contributed by atoms with Crippen molar-refractivity contribution in [2.45, 2.75) is 34.1 Å². The van der Waals surface area contributed by atoms with Crippen LogP contribution in [0.1, 0.15) is 30.5 Å². The summed E-state index contributed by atoms with van der Waals surface area (Å²) in [6.07, 6.45) is 1.03. The number of aryl methyl sites for hydroxylation is 2. The molecule has 19 heavy (non-hydrogen) atoms. The first kappa shape index (κ1) is 16.0. The van der Waals surface area contributed by atoms with Crippen LogP contribution >= 0.6 is 0 Å². The summed E-state index contributed by atoms with van der Waals surface area (Å²) >= 11 is 0. The van der Waals surface area contributed by atoms with E-state index in [-0.39, 0.29) is 0 Å². The lowest BCUT2D eigenvalue weighted by Crippen LogP contribution is -2.30. The Morgan fingerprint density at radius 3 is 2.05 bits per heavy atom. The molecule has 1 atom stereocenters. The largest absolute Gasteiger partial charge is 0.494 e. The first-order chi connectivity index (χ1) is 9.03.